The van der Waals surface area contributed by atoms with Crippen LogP contribution in [0.15, 0.2) is 30.8 Å². The van der Waals surface area contributed by atoms with Crippen LogP contribution >= 0.6 is 50.8 Å². The average molecular weight is 553 g/mol. The molecule has 16 heteroatoms. The number of fused-ring (bicyclic) bond motifs is 1. The number of nitrogen functional groups attached to an aromatic ring is 1. The number of rotatable bonds is 7. The number of carboxylic acid groups (broad SMARTS) is 1. The zero-order valence-electron chi connectivity index (χ0n) is 15.2. The van der Waals surface area contributed by atoms with Crippen molar-refractivity contribution in [2.75, 3.05) is 18.0 Å². The number of carbonyl (C=O) groups is 3. The number of aromatic nitrogens is 1. The zero-order chi connectivity index (χ0) is 22.9. The lowest BCUT2D eigenvalue weighted by molar-refractivity contribution is -0.150. The molecule has 1 aromatic rings. The van der Waals surface area contributed by atoms with Gasteiger partial charge >= 0.3 is 5.97 Å². The van der Waals surface area contributed by atoms with E-state index in [2.05, 4.69) is 31.4 Å². The van der Waals surface area contributed by atoms with Gasteiger partial charge in [-0.25, -0.2) is 14.2 Å². The van der Waals surface area contributed by atoms with Crippen LogP contribution in [0.4, 0.5) is 9.52 Å². The number of amides is 2. The number of halogens is 2. The highest BCUT2D eigenvalue weighted by Crippen LogP contribution is 2.44. The molecular formula is C15H14BrFN6O5S3. The molecule has 0 aromatic carbocycles. The number of carbonyl (C=O) groups excluding carboxylic acids is 2. The Morgan fingerprint density at radius 1 is 1.52 bits per heavy atom. The van der Waals surface area contributed by atoms with Gasteiger partial charge in [0.05, 0.1) is 0 Å². The number of aliphatic carboxylic acids is 1. The number of thiazole rings is 1. The number of anilines is 1. The monoisotopic (exact) mass is 552 g/mol. The van der Waals surface area contributed by atoms with Crippen molar-refractivity contribution in [3.8, 4) is 0 Å². The van der Waals surface area contributed by atoms with E-state index in [4.69, 9.17) is 11.5 Å². The van der Waals surface area contributed by atoms with Crippen LogP contribution in [-0.4, -0.2) is 67.4 Å². The number of hydrogen-bond donors (Lipinski definition) is 5. The number of thioether (sulfide) groups is 2. The van der Waals surface area contributed by atoms with Gasteiger partial charge in [0, 0.05) is 22.6 Å². The van der Waals surface area contributed by atoms with E-state index in [1.165, 1.54) is 11.8 Å². The molecule has 11 nitrogen and oxygen atoms in total. The minimum atomic E-state index is -1.35. The summed E-state index contributed by atoms with van der Waals surface area (Å²) in [6.07, 6.45) is 0. The molecule has 3 rings (SSSR count). The fourth-order valence-electron chi connectivity index (χ4n) is 2.74. The first-order valence-corrected chi connectivity index (χ1v) is 11.8. The summed E-state index contributed by atoms with van der Waals surface area (Å²) in [6, 6.07) is -1.05. The second-order valence-electron chi connectivity index (χ2n) is 5.95. The Kier molecular flexibility index (Phi) is 7.25. The molecule has 0 radical (unpaired) electrons. The second-order valence-corrected chi connectivity index (χ2v) is 10.4. The summed E-state index contributed by atoms with van der Waals surface area (Å²) >= 11 is 6.22. The molecule has 2 aliphatic rings. The average Bonchev–Trinajstić information content (AvgIpc) is 3.07. The maximum atomic E-state index is 13.3. The molecule has 0 aliphatic carbocycles. The quantitative estimate of drug-likeness (QED) is 0.140. The van der Waals surface area contributed by atoms with Crippen LogP contribution in [0.2, 0.25) is 0 Å². The molecule has 1 unspecified atom stereocenters. The summed E-state index contributed by atoms with van der Waals surface area (Å²) in [5.74, 6) is -3.36. The SMILES string of the molecule is NC/C(F)=C/SC1=C(C(=O)O)N2C(=O)C(NC(=O)/C(=N\O)c3nc(N)sc3Br)[C@H]2SC1. The van der Waals surface area contributed by atoms with Crippen LogP contribution in [0, 0.1) is 0 Å². The van der Waals surface area contributed by atoms with Crippen molar-refractivity contribution in [1.82, 2.24) is 15.2 Å². The lowest BCUT2D eigenvalue weighted by Gasteiger charge is -2.49. The Hall–Kier alpha value is -2.14. The standard InChI is InChI=1S/C15H14BrFN6O5S3/c16-10-6(21-15(19)31-10)7(22-28)11(24)20-8-12(25)23-9(14(26)27)5(3-30-13(8)23)29-2-4(17)1-18/h2,8,13,28H,1,3,18H2,(H2,19,21)(H,20,24)(H,26,27)/b4-2-,22-7-/t8?,13-/m1/s1. The van der Waals surface area contributed by atoms with Crippen LogP contribution in [0.1, 0.15) is 5.69 Å². The molecule has 166 valence electrons. The molecule has 2 amide bonds. The maximum Gasteiger partial charge on any atom is 0.353 e. The van der Waals surface area contributed by atoms with Gasteiger partial charge in [0.25, 0.3) is 11.8 Å². The molecule has 0 bridgehead atoms. The molecule has 1 saturated heterocycles. The smallest absolute Gasteiger partial charge is 0.353 e. The predicted molar refractivity (Wildman–Crippen MR) is 118 cm³/mol. The molecular weight excluding hydrogens is 539 g/mol. The molecule has 0 saturated carbocycles. The summed E-state index contributed by atoms with van der Waals surface area (Å²) < 4.78 is 13.7. The van der Waals surface area contributed by atoms with E-state index >= 15 is 0 Å². The van der Waals surface area contributed by atoms with E-state index in [-0.39, 0.29) is 33.7 Å². The third-order valence-electron chi connectivity index (χ3n) is 4.09. The number of carboxylic acids is 1. The second kappa shape index (κ2) is 9.56. The van der Waals surface area contributed by atoms with Crippen molar-refractivity contribution >= 4 is 79.4 Å². The number of nitrogens with two attached hydrogens (primary N) is 2. The van der Waals surface area contributed by atoms with Crippen molar-refractivity contribution in [3.63, 3.8) is 0 Å². The first-order valence-electron chi connectivity index (χ1n) is 8.27. The number of oxime groups is 1. The van der Waals surface area contributed by atoms with Crippen molar-refractivity contribution in [2.24, 2.45) is 10.9 Å². The van der Waals surface area contributed by atoms with Crippen LogP contribution < -0.4 is 16.8 Å². The Balaban J connectivity index is 1.79. The highest BCUT2D eigenvalue weighted by molar-refractivity contribution is 9.11. The Labute approximate surface area is 194 Å². The molecule has 31 heavy (non-hydrogen) atoms. The van der Waals surface area contributed by atoms with E-state index in [0.717, 1.165) is 33.4 Å². The Bertz CT molecular complexity index is 1040. The van der Waals surface area contributed by atoms with Crippen LogP contribution in [0.3, 0.4) is 0 Å². The zero-order valence-corrected chi connectivity index (χ0v) is 19.3. The number of β-lactam (4-membered cyclic amide) rings is 1. The maximum absolute atomic E-state index is 13.3. The van der Waals surface area contributed by atoms with E-state index in [0.29, 0.717) is 3.79 Å². The molecule has 0 spiro atoms. The summed E-state index contributed by atoms with van der Waals surface area (Å²) in [7, 11) is 0. The normalized spacial score (nSPS) is 21.6. The van der Waals surface area contributed by atoms with Gasteiger partial charge in [-0.1, -0.05) is 28.3 Å². The predicted octanol–water partition coefficient (Wildman–Crippen LogP) is 0.865. The summed E-state index contributed by atoms with van der Waals surface area (Å²) in [4.78, 5) is 42.2. The molecule has 2 atom stereocenters. The van der Waals surface area contributed by atoms with Gasteiger partial charge < -0.3 is 27.1 Å². The fraction of sp³-hybridized carbons (Fsp3) is 0.267. The molecule has 3 heterocycles. The third-order valence-corrected chi connectivity index (χ3v) is 8.08. The van der Waals surface area contributed by atoms with Gasteiger partial charge in [-0.2, -0.15) is 0 Å². The summed E-state index contributed by atoms with van der Waals surface area (Å²) in [6.45, 7) is -0.329. The first kappa shape index (κ1) is 23.5. The van der Waals surface area contributed by atoms with Gasteiger partial charge in [-0.15, -0.1) is 11.8 Å². The summed E-state index contributed by atoms with van der Waals surface area (Å²) in [5, 5.41) is 24.7. The van der Waals surface area contributed by atoms with Gasteiger partial charge in [0.1, 0.15) is 32.4 Å². The highest BCUT2D eigenvalue weighted by Gasteiger charge is 2.54. The molecule has 7 N–H and O–H groups in total. The van der Waals surface area contributed by atoms with Gasteiger partial charge in [-0.3, -0.25) is 14.5 Å². The van der Waals surface area contributed by atoms with Gasteiger partial charge in [-0.05, 0) is 15.9 Å². The number of nitrogens with zero attached hydrogens (tertiary/aromatic N) is 3. The lowest BCUT2D eigenvalue weighted by Crippen LogP contribution is -2.71. The van der Waals surface area contributed by atoms with Crippen molar-refractivity contribution in [3.05, 3.63) is 31.3 Å². The topological polar surface area (TPSA) is 184 Å². The van der Waals surface area contributed by atoms with Gasteiger partial charge in [0.15, 0.2) is 10.8 Å². The van der Waals surface area contributed by atoms with Gasteiger partial charge in [0.2, 0.25) is 0 Å². The van der Waals surface area contributed by atoms with E-state index in [9.17, 15) is 29.1 Å². The van der Waals surface area contributed by atoms with Crippen LogP contribution in [0.5, 0.6) is 0 Å². The van der Waals surface area contributed by atoms with E-state index in [1.807, 2.05) is 0 Å². The van der Waals surface area contributed by atoms with E-state index < -0.39 is 40.7 Å². The third kappa shape index (κ3) is 4.57. The minimum Gasteiger partial charge on any atom is -0.477 e. The first-order chi connectivity index (χ1) is 14.7. The van der Waals surface area contributed by atoms with Crippen LogP contribution in [-0.2, 0) is 14.4 Å². The van der Waals surface area contributed by atoms with E-state index in [1.54, 1.807) is 0 Å². The van der Waals surface area contributed by atoms with Crippen molar-refractivity contribution in [1.29, 1.82) is 0 Å². The Morgan fingerprint density at radius 2 is 2.23 bits per heavy atom. The number of nitrogens with one attached hydrogen (secondary N) is 1. The van der Waals surface area contributed by atoms with Crippen LogP contribution in [0.25, 0.3) is 0 Å². The largest absolute Gasteiger partial charge is 0.477 e. The lowest BCUT2D eigenvalue weighted by atomic mass is 10.0. The Morgan fingerprint density at radius 3 is 2.77 bits per heavy atom. The van der Waals surface area contributed by atoms with Crippen molar-refractivity contribution < 1.29 is 29.1 Å². The fourth-order valence-corrected chi connectivity index (χ4v) is 6.41. The molecule has 1 fully saturated rings. The molecule has 1 aromatic heterocycles. The number of hydrogen-bond acceptors (Lipinski definition) is 11. The summed E-state index contributed by atoms with van der Waals surface area (Å²) in [5.41, 5.74) is 10.0. The molecule has 2 aliphatic heterocycles. The minimum absolute atomic E-state index is 0.000880. The van der Waals surface area contributed by atoms with Crippen molar-refractivity contribution in [2.45, 2.75) is 11.4 Å². The highest BCUT2D eigenvalue weighted by atomic mass is 79.9.